The van der Waals surface area contributed by atoms with Crippen molar-refractivity contribution < 1.29 is 9.90 Å². The Bertz CT molecular complexity index is 595. The normalized spacial score (nSPS) is 12.2. The van der Waals surface area contributed by atoms with Crippen molar-refractivity contribution in [2.24, 2.45) is 0 Å². The summed E-state index contributed by atoms with van der Waals surface area (Å²) in [6.07, 6.45) is 2.89. The fraction of sp³-hybridized carbons (Fsp3) is 0.375. The second-order valence-corrected chi connectivity index (χ2v) is 5.33. The molecule has 1 heterocycles. The molecule has 0 aliphatic carbocycles. The molecular weight excluding hydrogens is 280 g/mol. The predicted molar refractivity (Wildman–Crippen MR) is 84.3 cm³/mol. The molecule has 2 aromatic rings. The number of carbonyl (C=O) groups excluding carboxylic acids is 1. The van der Waals surface area contributed by atoms with Gasteiger partial charge in [-0.25, -0.2) is 9.78 Å². The van der Waals surface area contributed by atoms with Crippen molar-refractivity contribution in [3.05, 3.63) is 54.1 Å². The first-order valence-corrected chi connectivity index (χ1v) is 7.34. The number of aliphatic hydroxyl groups excluding tert-OH is 1. The average molecular weight is 302 g/mol. The molecule has 0 spiro atoms. The van der Waals surface area contributed by atoms with Gasteiger partial charge in [0.2, 0.25) is 0 Å². The number of rotatable bonds is 6. The van der Waals surface area contributed by atoms with Crippen LogP contribution in [0.15, 0.2) is 42.7 Å². The lowest BCUT2D eigenvalue weighted by atomic mass is 10.1. The molecule has 0 unspecified atom stereocenters. The highest BCUT2D eigenvalue weighted by Gasteiger charge is 2.10. The van der Waals surface area contributed by atoms with Crippen LogP contribution >= 0.6 is 0 Å². The minimum Gasteiger partial charge on any atom is -0.387 e. The first kappa shape index (κ1) is 16.0. The van der Waals surface area contributed by atoms with Crippen LogP contribution in [0.3, 0.4) is 0 Å². The van der Waals surface area contributed by atoms with Crippen molar-refractivity contribution in [1.29, 1.82) is 0 Å². The number of amides is 2. The van der Waals surface area contributed by atoms with Gasteiger partial charge >= 0.3 is 6.03 Å². The minimum atomic E-state index is -0.718. The highest BCUT2D eigenvalue weighted by Crippen LogP contribution is 2.10. The van der Waals surface area contributed by atoms with Crippen molar-refractivity contribution in [1.82, 2.24) is 20.2 Å². The summed E-state index contributed by atoms with van der Waals surface area (Å²) in [5.74, 6) is 0.800. The zero-order chi connectivity index (χ0) is 15.9. The van der Waals surface area contributed by atoms with Gasteiger partial charge in [0.1, 0.15) is 5.82 Å². The lowest BCUT2D eigenvalue weighted by Crippen LogP contribution is -2.38. The fourth-order valence-electron chi connectivity index (χ4n) is 2.16. The van der Waals surface area contributed by atoms with E-state index in [2.05, 4.69) is 29.5 Å². The molecule has 0 saturated carbocycles. The van der Waals surface area contributed by atoms with E-state index in [1.165, 1.54) is 0 Å². The Morgan fingerprint density at radius 3 is 2.68 bits per heavy atom. The van der Waals surface area contributed by atoms with Crippen molar-refractivity contribution in [3.63, 3.8) is 0 Å². The molecule has 1 aromatic carbocycles. The third-order valence-electron chi connectivity index (χ3n) is 3.35. The lowest BCUT2D eigenvalue weighted by molar-refractivity contribution is 0.173. The summed E-state index contributed by atoms with van der Waals surface area (Å²) in [5, 5.41) is 15.4. The Morgan fingerprint density at radius 2 is 2.00 bits per heavy atom. The number of urea groups is 1. The largest absolute Gasteiger partial charge is 0.387 e. The summed E-state index contributed by atoms with van der Waals surface area (Å²) in [4.78, 5) is 16.0. The smallest absolute Gasteiger partial charge is 0.315 e. The van der Waals surface area contributed by atoms with Crippen LogP contribution in [0.2, 0.25) is 0 Å². The summed E-state index contributed by atoms with van der Waals surface area (Å²) < 4.78 is 2.00. The summed E-state index contributed by atoms with van der Waals surface area (Å²) in [7, 11) is 0. The van der Waals surface area contributed by atoms with Crippen LogP contribution in [0.4, 0.5) is 4.79 Å². The number of aliphatic hydroxyl groups is 1. The number of nitrogens with one attached hydrogen (secondary N) is 2. The van der Waals surface area contributed by atoms with Crippen LogP contribution < -0.4 is 10.6 Å². The molecule has 118 valence electrons. The van der Waals surface area contributed by atoms with Gasteiger partial charge in [-0.15, -0.1) is 0 Å². The van der Waals surface area contributed by atoms with Crippen molar-refractivity contribution >= 4 is 6.03 Å². The van der Waals surface area contributed by atoms with Crippen molar-refractivity contribution in [3.8, 4) is 0 Å². The van der Waals surface area contributed by atoms with Crippen molar-refractivity contribution in [2.45, 2.75) is 32.5 Å². The fourth-order valence-corrected chi connectivity index (χ4v) is 2.16. The Balaban J connectivity index is 1.77. The molecule has 0 saturated heterocycles. The van der Waals surface area contributed by atoms with Crippen LogP contribution in [0.5, 0.6) is 0 Å². The van der Waals surface area contributed by atoms with Crippen molar-refractivity contribution in [2.75, 3.05) is 6.54 Å². The Labute approximate surface area is 130 Å². The third-order valence-corrected chi connectivity index (χ3v) is 3.35. The molecule has 1 atom stereocenters. The molecule has 1 aromatic heterocycles. The van der Waals surface area contributed by atoms with Gasteiger partial charge in [0, 0.05) is 25.0 Å². The zero-order valence-corrected chi connectivity index (χ0v) is 12.9. The van der Waals surface area contributed by atoms with Gasteiger partial charge in [0.25, 0.3) is 0 Å². The maximum Gasteiger partial charge on any atom is 0.315 e. The second kappa shape index (κ2) is 7.61. The van der Waals surface area contributed by atoms with Gasteiger partial charge in [0.05, 0.1) is 12.6 Å². The molecule has 2 rings (SSSR count). The van der Waals surface area contributed by atoms with E-state index < -0.39 is 6.10 Å². The van der Waals surface area contributed by atoms with E-state index >= 15 is 0 Å². The summed E-state index contributed by atoms with van der Waals surface area (Å²) in [6.45, 7) is 4.62. The summed E-state index contributed by atoms with van der Waals surface area (Å²) >= 11 is 0. The summed E-state index contributed by atoms with van der Waals surface area (Å²) in [6, 6.07) is 9.20. The van der Waals surface area contributed by atoms with Crippen LogP contribution in [0.25, 0.3) is 0 Å². The van der Waals surface area contributed by atoms with E-state index in [1.807, 2.05) is 41.1 Å². The number of benzene rings is 1. The lowest BCUT2D eigenvalue weighted by Gasteiger charge is -2.14. The molecule has 0 aliphatic heterocycles. The highest BCUT2D eigenvalue weighted by molar-refractivity contribution is 5.73. The van der Waals surface area contributed by atoms with E-state index in [0.717, 1.165) is 11.4 Å². The van der Waals surface area contributed by atoms with Gasteiger partial charge in [-0.2, -0.15) is 0 Å². The molecule has 22 heavy (non-hydrogen) atoms. The van der Waals surface area contributed by atoms with Gasteiger partial charge < -0.3 is 20.3 Å². The first-order valence-electron chi connectivity index (χ1n) is 7.34. The van der Waals surface area contributed by atoms with Crippen LogP contribution in [0, 0.1) is 0 Å². The highest BCUT2D eigenvalue weighted by atomic mass is 16.3. The molecule has 2 amide bonds. The molecule has 0 bridgehead atoms. The standard InChI is InChI=1S/C16H22N4O2/c1-12(2)20-9-8-17-15(20)11-19-16(22)18-10-14(21)13-6-4-3-5-7-13/h3-9,12,14,21H,10-11H2,1-2H3,(H2,18,19,22)/t14-/m1/s1. The van der Waals surface area contributed by atoms with Gasteiger partial charge in [-0.1, -0.05) is 30.3 Å². The van der Waals surface area contributed by atoms with E-state index in [-0.39, 0.29) is 12.6 Å². The monoisotopic (exact) mass is 302 g/mol. The quantitative estimate of drug-likeness (QED) is 0.763. The van der Waals surface area contributed by atoms with Gasteiger partial charge in [0.15, 0.2) is 0 Å². The first-order chi connectivity index (χ1) is 10.6. The molecule has 0 aliphatic rings. The second-order valence-electron chi connectivity index (χ2n) is 5.33. The molecule has 0 radical (unpaired) electrons. The minimum absolute atomic E-state index is 0.161. The third kappa shape index (κ3) is 4.33. The molecular formula is C16H22N4O2. The SMILES string of the molecule is CC(C)n1ccnc1CNC(=O)NC[C@@H](O)c1ccccc1. The van der Waals surface area contributed by atoms with Crippen LogP contribution in [-0.2, 0) is 6.54 Å². The molecule has 6 nitrogen and oxygen atoms in total. The molecule has 3 N–H and O–H groups in total. The van der Waals surface area contributed by atoms with Crippen LogP contribution in [-0.4, -0.2) is 27.2 Å². The van der Waals surface area contributed by atoms with Gasteiger partial charge in [-0.05, 0) is 19.4 Å². The van der Waals surface area contributed by atoms with E-state index in [9.17, 15) is 9.90 Å². The number of hydrogen-bond acceptors (Lipinski definition) is 3. The number of carbonyl (C=O) groups is 1. The van der Waals surface area contributed by atoms with E-state index in [4.69, 9.17) is 0 Å². The van der Waals surface area contributed by atoms with E-state index in [0.29, 0.717) is 12.6 Å². The molecule has 0 fully saturated rings. The predicted octanol–water partition coefficient (Wildman–Crippen LogP) is 2.00. The maximum absolute atomic E-state index is 11.8. The Morgan fingerprint density at radius 1 is 1.27 bits per heavy atom. The molecule has 6 heteroatoms. The summed E-state index contributed by atoms with van der Waals surface area (Å²) in [5.41, 5.74) is 0.776. The number of aromatic nitrogens is 2. The maximum atomic E-state index is 11.8. The average Bonchev–Trinajstić information content (AvgIpc) is 3.00. The Kier molecular flexibility index (Phi) is 5.55. The zero-order valence-electron chi connectivity index (χ0n) is 12.9. The van der Waals surface area contributed by atoms with Gasteiger partial charge in [-0.3, -0.25) is 0 Å². The van der Waals surface area contributed by atoms with Crippen LogP contribution in [0.1, 0.15) is 37.4 Å². The number of nitrogens with zero attached hydrogens (tertiary/aromatic N) is 2. The topological polar surface area (TPSA) is 79.2 Å². The number of hydrogen-bond donors (Lipinski definition) is 3. The van der Waals surface area contributed by atoms with E-state index in [1.54, 1.807) is 6.20 Å². The Hall–Kier alpha value is -2.34. The number of imidazole rings is 1.